The van der Waals surface area contributed by atoms with Gasteiger partial charge in [0.2, 0.25) is 0 Å². The van der Waals surface area contributed by atoms with Crippen molar-refractivity contribution in [1.29, 1.82) is 5.41 Å². The number of aryl methyl sites for hydroxylation is 1. The van der Waals surface area contributed by atoms with Crippen LogP contribution in [0.1, 0.15) is 12.8 Å². The molecule has 0 spiro atoms. The zero-order chi connectivity index (χ0) is 16.2. The summed E-state index contributed by atoms with van der Waals surface area (Å²) in [5.41, 5.74) is 2.07. The van der Waals surface area contributed by atoms with Gasteiger partial charge in [-0.2, -0.15) is 5.10 Å². The average molecular weight is 307 g/mol. The average Bonchev–Trinajstić information content (AvgIpc) is 2.56. The van der Waals surface area contributed by atoms with Crippen molar-refractivity contribution in [3.8, 4) is 11.3 Å². The molecule has 5 heteroatoms. The molecule has 2 aromatic carbocycles. The Morgan fingerprint density at radius 2 is 1.87 bits per heavy atom. The Bertz CT molecular complexity index is 910. The molecule has 2 N–H and O–H groups in total. The van der Waals surface area contributed by atoms with E-state index in [1.54, 1.807) is 10.7 Å². The molecule has 23 heavy (non-hydrogen) atoms. The Hall–Kier alpha value is -2.95. The lowest BCUT2D eigenvalue weighted by Crippen LogP contribution is -2.23. The topological polar surface area (TPSA) is 79.0 Å². The second kappa shape index (κ2) is 6.44. The van der Waals surface area contributed by atoms with Crippen molar-refractivity contribution in [3.63, 3.8) is 0 Å². The fraction of sp³-hybridized carbons (Fsp3) is 0.167. The van der Waals surface area contributed by atoms with Gasteiger partial charge in [-0.15, -0.1) is 0 Å². The minimum Gasteiger partial charge on any atom is -0.481 e. The number of rotatable bonds is 5. The van der Waals surface area contributed by atoms with Crippen molar-refractivity contribution in [1.82, 2.24) is 9.78 Å². The number of fused-ring (bicyclic) bond motifs is 1. The molecule has 0 aliphatic heterocycles. The first-order valence-corrected chi connectivity index (χ1v) is 7.48. The third-order valence-corrected chi connectivity index (χ3v) is 3.73. The van der Waals surface area contributed by atoms with Crippen LogP contribution in [0.5, 0.6) is 0 Å². The fourth-order valence-corrected chi connectivity index (χ4v) is 2.60. The summed E-state index contributed by atoms with van der Waals surface area (Å²) in [6.45, 7) is 0.420. The van der Waals surface area contributed by atoms with Crippen LogP contribution in [0.15, 0.2) is 54.6 Å². The Labute approximate surface area is 133 Å². The monoisotopic (exact) mass is 307 g/mol. The molecule has 0 atom stereocenters. The van der Waals surface area contributed by atoms with Crippen LogP contribution in [-0.2, 0) is 11.3 Å². The highest BCUT2D eigenvalue weighted by Gasteiger charge is 2.06. The molecule has 1 aromatic heterocycles. The summed E-state index contributed by atoms with van der Waals surface area (Å²) < 4.78 is 1.56. The van der Waals surface area contributed by atoms with Crippen molar-refractivity contribution in [2.24, 2.45) is 0 Å². The Kier molecular flexibility index (Phi) is 4.19. The summed E-state index contributed by atoms with van der Waals surface area (Å²) in [4.78, 5) is 10.6. The highest BCUT2D eigenvalue weighted by molar-refractivity contribution is 5.95. The van der Waals surface area contributed by atoms with Gasteiger partial charge in [0.1, 0.15) is 5.49 Å². The van der Waals surface area contributed by atoms with Crippen LogP contribution in [0, 0.1) is 5.41 Å². The van der Waals surface area contributed by atoms with Gasteiger partial charge in [-0.1, -0.05) is 42.5 Å². The first-order valence-electron chi connectivity index (χ1n) is 7.48. The number of benzene rings is 2. The number of aliphatic carboxylic acids is 1. The van der Waals surface area contributed by atoms with E-state index in [-0.39, 0.29) is 11.9 Å². The maximum atomic E-state index is 10.6. The molecule has 3 aromatic rings. The van der Waals surface area contributed by atoms with Crippen LogP contribution in [0.4, 0.5) is 0 Å². The maximum absolute atomic E-state index is 10.6. The van der Waals surface area contributed by atoms with E-state index in [1.165, 1.54) is 0 Å². The van der Waals surface area contributed by atoms with E-state index in [0.717, 1.165) is 22.0 Å². The first kappa shape index (κ1) is 15.0. The zero-order valence-electron chi connectivity index (χ0n) is 12.6. The third-order valence-electron chi connectivity index (χ3n) is 3.73. The summed E-state index contributed by atoms with van der Waals surface area (Å²) in [6.07, 6.45) is 0.532. The molecule has 1 heterocycles. The second-order valence-electron chi connectivity index (χ2n) is 5.35. The van der Waals surface area contributed by atoms with Gasteiger partial charge in [0, 0.05) is 18.5 Å². The molecule has 0 radical (unpaired) electrons. The van der Waals surface area contributed by atoms with Crippen LogP contribution >= 0.6 is 0 Å². The SMILES string of the molecule is N=c1ccc(-c2cccc3ccccc23)nn1CCCC(=O)O. The van der Waals surface area contributed by atoms with Gasteiger partial charge < -0.3 is 5.11 Å². The van der Waals surface area contributed by atoms with Gasteiger partial charge in [-0.05, 0) is 29.3 Å². The Morgan fingerprint density at radius 1 is 1.09 bits per heavy atom. The van der Waals surface area contributed by atoms with Crippen molar-refractivity contribution < 1.29 is 9.90 Å². The summed E-state index contributed by atoms with van der Waals surface area (Å²) >= 11 is 0. The highest BCUT2D eigenvalue weighted by Crippen LogP contribution is 2.26. The molecular weight excluding hydrogens is 290 g/mol. The number of aromatic nitrogens is 2. The molecule has 0 fully saturated rings. The lowest BCUT2D eigenvalue weighted by Gasteiger charge is -2.10. The zero-order valence-corrected chi connectivity index (χ0v) is 12.6. The molecule has 0 saturated heterocycles. The number of carboxylic acid groups (broad SMARTS) is 1. The summed E-state index contributed by atoms with van der Waals surface area (Å²) in [6, 6.07) is 17.7. The van der Waals surface area contributed by atoms with Crippen LogP contribution in [0.25, 0.3) is 22.0 Å². The first-order chi connectivity index (χ1) is 11.1. The lowest BCUT2D eigenvalue weighted by atomic mass is 10.0. The normalized spacial score (nSPS) is 10.8. The van der Waals surface area contributed by atoms with Crippen molar-refractivity contribution in [2.75, 3.05) is 0 Å². The van der Waals surface area contributed by atoms with Crippen LogP contribution in [0.3, 0.4) is 0 Å². The van der Waals surface area contributed by atoms with Crippen molar-refractivity contribution in [3.05, 3.63) is 60.1 Å². The summed E-state index contributed by atoms with van der Waals surface area (Å²) in [7, 11) is 0. The molecule has 5 nitrogen and oxygen atoms in total. The van der Waals surface area contributed by atoms with Crippen LogP contribution < -0.4 is 5.49 Å². The Morgan fingerprint density at radius 3 is 2.70 bits per heavy atom. The van der Waals surface area contributed by atoms with Gasteiger partial charge in [0.05, 0.1) is 5.69 Å². The number of nitrogens with zero attached hydrogens (tertiary/aromatic N) is 2. The van der Waals surface area contributed by atoms with Gasteiger partial charge in [-0.3, -0.25) is 10.2 Å². The predicted molar refractivity (Wildman–Crippen MR) is 87.9 cm³/mol. The molecule has 0 aliphatic rings. The standard InChI is InChI=1S/C18H17N3O2/c19-17-11-10-16(20-21(17)12-4-9-18(22)23)15-8-3-6-13-5-1-2-7-14(13)15/h1-3,5-8,10-11,19H,4,9,12H2,(H,22,23). The maximum Gasteiger partial charge on any atom is 0.303 e. The minimum absolute atomic E-state index is 0.0760. The van der Waals surface area contributed by atoms with Gasteiger partial charge in [0.15, 0.2) is 0 Å². The molecule has 0 unspecified atom stereocenters. The molecule has 116 valence electrons. The highest BCUT2D eigenvalue weighted by atomic mass is 16.4. The molecule has 0 bridgehead atoms. The molecular formula is C18H17N3O2. The fourth-order valence-electron chi connectivity index (χ4n) is 2.60. The van der Waals surface area contributed by atoms with Gasteiger partial charge in [0.25, 0.3) is 0 Å². The van der Waals surface area contributed by atoms with E-state index in [4.69, 9.17) is 10.5 Å². The molecule has 0 aliphatic carbocycles. The van der Waals surface area contributed by atoms with Gasteiger partial charge >= 0.3 is 5.97 Å². The number of nitrogens with one attached hydrogen (secondary N) is 1. The summed E-state index contributed by atoms with van der Waals surface area (Å²) in [5.74, 6) is -0.831. The van der Waals surface area contributed by atoms with Gasteiger partial charge in [-0.25, -0.2) is 4.68 Å². The quantitative estimate of drug-likeness (QED) is 0.760. The van der Waals surface area contributed by atoms with E-state index in [9.17, 15) is 4.79 Å². The molecule has 3 rings (SSSR count). The number of carbonyl (C=O) groups is 1. The van der Waals surface area contributed by atoms with E-state index in [0.29, 0.717) is 13.0 Å². The van der Waals surface area contributed by atoms with Crippen LogP contribution in [-0.4, -0.2) is 20.9 Å². The van der Waals surface area contributed by atoms with Crippen molar-refractivity contribution in [2.45, 2.75) is 19.4 Å². The minimum atomic E-state index is -0.831. The van der Waals surface area contributed by atoms with E-state index >= 15 is 0 Å². The number of hydrogen-bond donors (Lipinski definition) is 2. The van der Waals surface area contributed by atoms with Crippen LogP contribution in [0.2, 0.25) is 0 Å². The Balaban J connectivity index is 1.99. The van der Waals surface area contributed by atoms with E-state index in [2.05, 4.69) is 23.3 Å². The molecule has 0 saturated carbocycles. The predicted octanol–water partition coefficient (Wildman–Crippen LogP) is 3.05. The van der Waals surface area contributed by atoms with E-state index < -0.39 is 5.97 Å². The summed E-state index contributed by atoms with van der Waals surface area (Å²) in [5, 5.41) is 23.4. The number of carboxylic acids is 1. The third kappa shape index (κ3) is 3.29. The number of hydrogen-bond acceptors (Lipinski definition) is 3. The van der Waals surface area contributed by atoms with Crippen molar-refractivity contribution >= 4 is 16.7 Å². The largest absolute Gasteiger partial charge is 0.481 e. The van der Waals surface area contributed by atoms with E-state index in [1.807, 2.05) is 30.3 Å². The second-order valence-corrected chi connectivity index (χ2v) is 5.35. The smallest absolute Gasteiger partial charge is 0.303 e. The lowest BCUT2D eigenvalue weighted by molar-refractivity contribution is -0.137. The molecule has 0 amide bonds.